The lowest BCUT2D eigenvalue weighted by atomic mass is 10.1. The van der Waals surface area contributed by atoms with Crippen molar-refractivity contribution in [1.82, 2.24) is 0 Å². The minimum Gasteiger partial charge on any atom is -0.384 e. The number of thioether (sulfide) groups is 1. The average molecular weight is 272 g/mol. The third-order valence-corrected chi connectivity index (χ3v) is 3.76. The van der Waals surface area contributed by atoms with Gasteiger partial charge in [-0.2, -0.15) is 0 Å². The summed E-state index contributed by atoms with van der Waals surface area (Å²) < 4.78 is 0. The quantitative estimate of drug-likeness (QED) is 0.849. The molecule has 0 aliphatic carbocycles. The van der Waals surface area contributed by atoms with Gasteiger partial charge < -0.3 is 5.11 Å². The SMILES string of the molecule is O=C(Sc1ccccc1)[C@H](O)CCc1ccccc1. The van der Waals surface area contributed by atoms with Crippen molar-refractivity contribution in [3.8, 4) is 0 Å². The fourth-order valence-corrected chi connectivity index (χ4v) is 2.52. The number of carbonyl (C=O) groups is 1. The molecule has 2 rings (SSSR count). The molecule has 2 nitrogen and oxygen atoms in total. The molecule has 0 aromatic heterocycles. The molecule has 0 saturated heterocycles. The van der Waals surface area contributed by atoms with E-state index in [1.165, 1.54) is 0 Å². The number of benzene rings is 2. The summed E-state index contributed by atoms with van der Waals surface area (Å²) in [6.45, 7) is 0. The third-order valence-electron chi connectivity index (χ3n) is 2.78. The minimum atomic E-state index is -0.912. The van der Waals surface area contributed by atoms with Crippen molar-refractivity contribution in [2.45, 2.75) is 23.8 Å². The van der Waals surface area contributed by atoms with Gasteiger partial charge in [0.05, 0.1) is 0 Å². The van der Waals surface area contributed by atoms with Crippen molar-refractivity contribution in [2.75, 3.05) is 0 Å². The molecular weight excluding hydrogens is 256 g/mol. The van der Waals surface area contributed by atoms with Gasteiger partial charge in [-0.25, -0.2) is 0 Å². The van der Waals surface area contributed by atoms with Gasteiger partial charge in [-0.05, 0) is 42.3 Å². The van der Waals surface area contributed by atoms with Crippen LogP contribution in [0.25, 0.3) is 0 Å². The highest BCUT2D eigenvalue weighted by atomic mass is 32.2. The zero-order chi connectivity index (χ0) is 13.5. The molecule has 0 radical (unpaired) electrons. The molecule has 0 unspecified atom stereocenters. The van der Waals surface area contributed by atoms with E-state index in [9.17, 15) is 9.90 Å². The summed E-state index contributed by atoms with van der Waals surface area (Å²) in [5.41, 5.74) is 1.14. The highest BCUT2D eigenvalue weighted by Crippen LogP contribution is 2.21. The van der Waals surface area contributed by atoms with E-state index in [1.807, 2.05) is 60.7 Å². The summed E-state index contributed by atoms with van der Waals surface area (Å²) in [7, 11) is 0. The summed E-state index contributed by atoms with van der Waals surface area (Å²) in [5.74, 6) is 0. The Morgan fingerprint density at radius 3 is 2.21 bits per heavy atom. The Morgan fingerprint density at radius 1 is 1.00 bits per heavy atom. The van der Waals surface area contributed by atoms with Crippen LogP contribution >= 0.6 is 11.8 Å². The van der Waals surface area contributed by atoms with Gasteiger partial charge >= 0.3 is 0 Å². The van der Waals surface area contributed by atoms with Gasteiger partial charge in [0.1, 0.15) is 6.10 Å². The maximum absolute atomic E-state index is 11.8. The van der Waals surface area contributed by atoms with Crippen molar-refractivity contribution in [3.05, 3.63) is 66.2 Å². The zero-order valence-electron chi connectivity index (χ0n) is 10.5. The predicted molar refractivity (Wildman–Crippen MR) is 78.1 cm³/mol. The zero-order valence-corrected chi connectivity index (χ0v) is 11.3. The van der Waals surface area contributed by atoms with Gasteiger partial charge in [0.25, 0.3) is 0 Å². The van der Waals surface area contributed by atoms with Crippen LogP contribution < -0.4 is 0 Å². The van der Waals surface area contributed by atoms with Gasteiger partial charge in [-0.15, -0.1) is 0 Å². The molecule has 1 N–H and O–H groups in total. The van der Waals surface area contributed by atoms with E-state index >= 15 is 0 Å². The van der Waals surface area contributed by atoms with Gasteiger partial charge in [-0.1, -0.05) is 48.5 Å². The smallest absolute Gasteiger partial charge is 0.222 e. The van der Waals surface area contributed by atoms with E-state index in [0.29, 0.717) is 12.8 Å². The second-order valence-corrected chi connectivity index (χ2v) is 5.35. The van der Waals surface area contributed by atoms with E-state index in [-0.39, 0.29) is 5.12 Å². The first-order valence-electron chi connectivity index (χ1n) is 6.24. The van der Waals surface area contributed by atoms with Crippen LogP contribution in [0.5, 0.6) is 0 Å². The van der Waals surface area contributed by atoms with E-state index < -0.39 is 6.10 Å². The first kappa shape index (κ1) is 13.8. The first-order chi connectivity index (χ1) is 9.25. The van der Waals surface area contributed by atoms with Crippen LogP contribution in [0.4, 0.5) is 0 Å². The fraction of sp³-hybridized carbons (Fsp3) is 0.188. The minimum absolute atomic E-state index is 0.192. The molecule has 1 atom stereocenters. The lowest BCUT2D eigenvalue weighted by Crippen LogP contribution is -2.17. The number of aliphatic hydroxyl groups excluding tert-OH is 1. The number of hydrogen-bond donors (Lipinski definition) is 1. The largest absolute Gasteiger partial charge is 0.384 e. The molecular formula is C16H16O2S. The Morgan fingerprint density at radius 2 is 1.58 bits per heavy atom. The maximum Gasteiger partial charge on any atom is 0.222 e. The lowest BCUT2D eigenvalue weighted by molar-refractivity contribution is -0.118. The molecule has 0 amide bonds. The molecule has 0 aliphatic rings. The Balaban J connectivity index is 1.83. The van der Waals surface area contributed by atoms with Gasteiger partial charge in [0.2, 0.25) is 5.12 Å². The second-order valence-electron chi connectivity index (χ2n) is 4.27. The fourth-order valence-electron chi connectivity index (χ4n) is 1.74. The Labute approximate surface area is 117 Å². The molecule has 0 saturated carbocycles. The van der Waals surface area contributed by atoms with Crippen LogP contribution in [0.3, 0.4) is 0 Å². The van der Waals surface area contributed by atoms with Crippen LogP contribution in [-0.2, 0) is 11.2 Å². The molecule has 0 fully saturated rings. The summed E-state index contributed by atoms with van der Waals surface area (Å²) in [5, 5.41) is 9.68. The summed E-state index contributed by atoms with van der Waals surface area (Å²) in [4.78, 5) is 12.7. The highest BCUT2D eigenvalue weighted by Gasteiger charge is 2.16. The summed E-state index contributed by atoms with van der Waals surface area (Å²) in [6.07, 6.45) is 0.261. The molecule has 3 heteroatoms. The topological polar surface area (TPSA) is 37.3 Å². The molecule has 0 bridgehead atoms. The molecule has 98 valence electrons. The van der Waals surface area contributed by atoms with Crippen LogP contribution in [0.15, 0.2) is 65.6 Å². The third kappa shape index (κ3) is 4.54. The van der Waals surface area contributed by atoms with Gasteiger partial charge in [-0.3, -0.25) is 4.79 Å². The van der Waals surface area contributed by atoms with Crippen LogP contribution in [0, 0.1) is 0 Å². The molecule has 2 aromatic carbocycles. The normalized spacial score (nSPS) is 12.1. The Kier molecular flexibility index (Phi) is 5.19. The van der Waals surface area contributed by atoms with Crippen LogP contribution in [0.1, 0.15) is 12.0 Å². The van der Waals surface area contributed by atoms with Crippen molar-refractivity contribution in [3.63, 3.8) is 0 Å². The molecule has 0 spiro atoms. The van der Waals surface area contributed by atoms with E-state index in [2.05, 4.69) is 0 Å². The van der Waals surface area contributed by atoms with Gasteiger partial charge in [0.15, 0.2) is 0 Å². The average Bonchev–Trinajstić information content (AvgIpc) is 2.47. The molecule has 19 heavy (non-hydrogen) atoms. The Hall–Kier alpha value is -1.58. The Bertz CT molecular complexity index is 511. The van der Waals surface area contributed by atoms with Gasteiger partial charge in [0, 0.05) is 4.90 Å². The number of carbonyl (C=O) groups excluding carboxylic acids is 1. The first-order valence-corrected chi connectivity index (χ1v) is 7.06. The second kappa shape index (κ2) is 7.12. The summed E-state index contributed by atoms with van der Waals surface area (Å²) >= 11 is 1.10. The van der Waals surface area contributed by atoms with Crippen molar-refractivity contribution >= 4 is 16.9 Å². The van der Waals surface area contributed by atoms with Crippen molar-refractivity contribution < 1.29 is 9.90 Å². The van der Waals surface area contributed by atoms with Crippen molar-refractivity contribution in [2.24, 2.45) is 0 Å². The standard InChI is InChI=1S/C16H16O2S/c17-15(12-11-13-7-3-1-4-8-13)16(18)19-14-9-5-2-6-10-14/h1-10,15,17H,11-12H2/t15-/m1/s1. The maximum atomic E-state index is 11.8. The molecule has 0 aliphatic heterocycles. The van der Waals surface area contributed by atoms with E-state index in [1.54, 1.807) is 0 Å². The van der Waals surface area contributed by atoms with Crippen molar-refractivity contribution in [1.29, 1.82) is 0 Å². The number of aliphatic hydroxyl groups is 1. The monoisotopic (exact) mass is 272 g/mol. The highest BCUT2D eigenvalue weighted by molar-refractivity contribution is 8.13. The lowest BCUT2D eigenvalue weighted by Gasteiger charge is -2.09. The summed E-state index contributed by atoms with van der Waals surface area (Å²) in [6, 6.07) is 19.3. The molecule has 0 heterocycles. The van der Waals surface area contributed by atoms with E-state index in [4.69, 9.17) is 0 Å². The predicted octanol–water partition coefficient (Wildman–Crippen LogP) is 3.30. The number of aryl methyl sites for hydroxylation is 1. The van der Waals surface area contributed by atoms with E-state index in [0.717, 1.165) is 22.2 Å². The van der Waals surface area contributed by atoms with Crippen LogP contribution in [-0.4, -0.2) is 16.3 Å². The van der Waals surface area contributed by atoms with Crippen LogP contribution in [0.2, 0.25) is 0 Å². The number of hydrogen-bond acceptors (Lipinski definition) is 3. The number of rotatable bonds is 5. The molecule has 2 aromatic rings.